The predicted molar refractivity (Wildman–Crippen MR) is 93.4 cm³/mol. The number of hydrogen-bond acceptors (Lipinski definition) is 3. The molecule has 0 radical (unpaired) electrons. The molecule has 2 heterocycles. The van der Waals surface area contributed by atoms with Gasteiger partial charge in [-0.3, -0.25) is 14.6 Å². The van der Waals surface area contributed by atoms with Crippen LogP contribution in [-0.2, 0) is 17.8 Å². The van der Waals surface area contributed by atoms with E-state index in [4.69, 9.17) is 23.2 Å². The predicted octanol–water partition coefficient (Wildman–Crippen LogP) is 3.55. The summed E-state index contributed by atoms with van der Waals surface area (Å²) >= 11 is 12.0. The normalized spacial score (nSPS) is 13.4. The largest absolute Gasteiger partial charge is 0.338 e. The first-order chi connectivity index (χ1) is 11.5. The monoisotopic (exact) mass is 363 g/mol. The zero-order chi connectivity index (χ0) is 17.3. The van der Waals surface area contributed by atoms with Crippen molar-refractivity contribution in [1.82, 2.24) is 9.88 Å². The number of rotatable bonds is 2. The lowest BCUT2D eigenvalue weighted by Gasteiger charge is -2.28. The Balaban J connectivity index is 1.88. The molecule has 5 nitrogen and oxygen atoms in total. The van der Waals surface area contributed by atoms with E-state index in [1.54, 1.807) is 29.3 Å². The van der Waals surface area contributed by atoms with Crippen LogP contribution in [-0.4, -0.2) is 28.2 Å². The SMILES string of the molecule is CC(=O)N1CCc2c(cncc2C(=O)Nc2cc(Cl)ccc2Cl)C1. The standard InChI is InChI=1S/C17H15Cl2N3O2/c1-10(23)22-5-4-13-11(9-22)7-20-8-14(13)17(24)21-16-6-12(18)2-3-15(16)19/h2-3,6-8H,4-5,9H2,1H3,(H,21,24). The van der Waals surface area contributed by atoms with E-state index in [0.29, 0.717) is 40.8 Å². The van der Waals surface area contributed by atoms with Crippen molar-refractivity contribution in [3.05, 3.63) is 57.3 Å². The van der Waals surface area contributed by atoms with Crippen LogP contribution in [0.25, 0.3) is 0 Å². The van der Waals surface area contributed by atoms with E-state index in [0.717, 1.165) is 11.1 Å². The van der Waals surface area contributed by atoms with Gasteiger partial charge in [0.25, 0.3) is 5.91 Å². The maximum atomic E-state index is 12.6. The maximum Gasteiger partial charge on any atom is 0.257 e. The number of carbonyl (C=O) groups is 2. The molecule has 0 spiro atoms. The number of halogens is 2. The Morgan fingerprint density at radius 1 is 1.25 bits per heavy atom. The number of aromatic nitrogens is 1. The van der Waals surface area contributed by atoms with Crippen LogP contribution in [0, 0.1) is 0 Å². The van der Waals surface area contributed by atoms with Crippen LogP contribution < -0.4 is 5.32 Å². The molecule has 0 saturated carbocycles. The van der Waals surface area contributed by atoms with Gasteiger partial charge in [0.1, 0.15) is 0 Å². The molecular weight excluding hydrogens is 349 g/mol. The number of pyridine rings is 1. The Bertz CT molecular complexity index is 823. The van der Waals surface area contributed by atoms with Gasteiger partial charge >= 0.3 is 0 Å². The van der Waals surface area contributed by atoms with Crippen LogP contribution in [0.3, 0.4) is 0 Å². The van der Waals surface area contributed by atoms with Crippen molar-refractivity contribution in [1.29, 1.82) is 0 Å². The Hall–Kier alpha value is -2.11. The molecule has 1 aromatic carbocycles. The fraction of sp³-hybridized carbons (Fsp3) is 0.235. The first kappa shape index (κ1) is 16.7. The summed E-state index contributed by atoms with van der Waals surface area (Å²) in [6.45, 7) is 2.59. The fourth-order valence-electron chi connectivity index (χ4n) is 2.74. The summed E-state index contributed by atoms with van der Waals surface area (Å²) in [6, 6.07) is 4.88. The van der Waals surface area contributed by atoms with Gasteiger partial charge in [-0.15, -0.1) is 0 Å². The van der Waals surface area contributed by atoms with Gasteiger partial charge in [-0.1, -0.05) is 23.2 Å². The average molecular weight is 364 g/mol. The number of hydrogen-bond donors (Lipinski definition) is 1. The molecule has 2 amide bonds. The lowest BCUT2D eigenvalue weighted by Crippen LogP contribution is -2.35. The number of fused-ring (bicyclic) bond motifs is 1. The highest BCUT2D eigenvalue weighted by molar-refractivity contribution is 6.35. The van der Waals surface area contributed by atoms with Crippen molar-refractivity contribution < 1.29 is 9.59 Å². The maximum absolute atomic E-state index is 12.6. The van der Waals surface area contributed by atoms with Gasteiger partial charge in [-0.2, -0.15) is 0 Å². The molecular formula is C17H15Cl2N3O2. The minimum Gasteiger partial charge on any atom is -0.338 e. The van der Waals surface area contributed by atoms with E-state index in [1.807, 2.05) is 0 Å². The molecule has 24 heavy (non-hydrogen) atoms. The van der Waals surface area contributed by atoms with Gasteiger partial charge in [-0.25, -0.2) is 0 Å². The summed E-state index contributed by atoms with van der Waals surface area (Å²) in [6.07, 6.45) is 3.85. The van der Waals surface area contributed by atoms with E-state index in [2.05, 4.69) is 10.3 Å². The van der Waals surface area contributed by atoms with Crippen LogP contribution >= 0.6 is 23.2 Å². The third kappa shape index (κ3) is 3.37. The van der Waals surface area contributed by atoms with Crippen LogP contribution in [0.15, 0.2) is 30.6 Å². The van der Waals surface area contributed by atoms with E-state index >= 15 is 0 Å². The van der Waals surface area contributed by atoms with Gasteiger partial charge in [0.05, 0.1) is 16.3 Å². The van der Waals surface area contributed by atoms with Crippen LogP contribution in [0.2, 0.25) is 10.0 Å². The van der Waals surface area contributed by atoms with Gasteiger partial charge in [0, 0.05) is 37.4 Å². The highest BCUT2D eigenvalue weighted by Crippen LogP contribution is 2.27. The number of benzene rings is 1. The van der Waals surface area contributed by atoms with Crippen LogP contribution in [0.4, 0.5) is 5.69 Å². The lowest BCUT2D eigenvalue weighted by molar-refractivity contribution is -0.129. The Morgan fingerprint density at radius 3 is 2.79 bits per heavy atom. The molecule has 7 heteroatoms. The second-order valence-corrected chi connectivity index (χ2v) is 6.44. The summed E-state index contributed by atoms with van der Waals surface area (Å²) in [5.74, 6) is -0.277. The molecule has 1 N–H and O–H groups in total. The third-order valence-electron chi connectivity index (χ3n) is 4.01. The van der Waals surface area contributed by atoms with Crippen molar-refractivity contribution in [2.24, 2.45) is 0 Å². The average Bonchev–Trinajstić information content (AvgIpc) is 2.57. The summed E-state index contributed by atoms with van der Waals surface area (Å²) < 4.78 is 0. The molecule has 0 bridgehead atoms. The van der Waals surface area contributed by atoms with Crippen molar-refractivity contribution in [3.8, 4) is 0 Å². The van der Waals surface area contributed by atoms with Crippen LogP contribution in [0.5, 0.6) is 0 Å². The smallest absolute Gasteiger partial charge is 0.257 e. The lowest BCUT2D eigenvalue weighted by atomic mass is 9.96. The number of nitrogens with one attached hydrogen (secondary N) is 1. The van der Waals surface area contributed by atoms with Gasteiger partial charge in [-0.05, 0) is 35.7 Å². The number of carbonyl (C=O) groups excluding carboxylic acids is 2. The van der Waals surface area contributed by atoms with Crippen molar-refractivity contribution in [2.45, 2.75) is 19.9 Å². The van der Waals surface area contributed by atoms with E-state index in [-0.39, 0.29) is 11.8 Å². The Kier molecular flexibility index (Phi) is 4.73. The van der Waals surface area contributed by atoms with Crippen molar-refractivity contribution in [2.75, 3.05) is 11.9 Å². The van der Waals surface area contributed by atoms with E-state index in [9.17, 15) is 9.59 Å². The van der Waals surface area contributed by atoms with Crippen molar-refractivity contribution >= 4 is 40.7 Å². The highest BCUT2D eigenvalue weighted by atomic mass is 35.5. The molecule has 124 valence electrons. The highest BCUT2D eigenvalue weighted by Gasteiger charge is 2.23. The van der Waals surface area contributed by atoms with Gasteiger partial charge in [0.15, 0.2) is 0 Å². The summed E-state index contributed by atoms with van der Waals surface area (Å²) in [5, 5.41) is 3.67. The van der Waals surface area contributed by atoms with Gasteiger partial charge in [0.2, 0.25) is 5.91 Å². The number of nitrogens with zero attached hydrogens (tertiary/aromatic N) is 2. The van der Waals surface area contributed by atoms with Gasteiger partial charge < -0.3 is 10.2 Å². The summed E-state index contributed by atoms with van der Waals surface area (Å²) in [4.78, 5) is 30.0. The first-order valence-corrected chi connectivity index (χ1v) is 8.19. The zero-order valence-electron chi connectivity index (χ0n) is 13.0. The molecule has 0 aliphatic carbocycles. The molecule has 0 saturated heterocycles. The minimum atomic E-state index is -0.292. The fourth-order valence-corrected chi connectivity index (χ4v) is 3.08. The molecule has 2 aromatic rings. The molecule has 0 atom stereocenters. The van der Waals surface area contributed by atoms with E-state index < -0.39 is 0 Å². The number of amides is 2. The topological polar surface area (TPSA) is 62.3 Å². The van der Waals surface area contributed by atoms with Crippen LogP contribution in [0.1, 0.15) is 28.4 Å². The Labute approximate surface area is 149 Å². The number of anilines is 1. The first-order valence-electron chi connectivity index (χ1n) is 7.43. The summed E-state index contributed by atoms with van der Waals surface area (Å²) in [7, 11) is 0. The molecule has 0 fully saturated rings. The van der Waals surface area contributed by atoms with Crippen molar-refractivity contribution in [3.63, 3.8) is 0 Å². The zero-order valence-corrected chi connectivity index (χ0v) is 14.5. The molecule has 0 unspecified atom stereocenters. The summed E-state index contributed by atoms with van der Waals surface area (Å²) in [5.41, 5.74) is 2.75. The molecule has 1 aliphatic heterocycles. The minimum absolute atomic E-state index is 0.0150. The third-order valence-corrected chi connectivity index (χ3v) is 4.57. The molecule has 1 aliphatic rings. The molecule has 1 aromatic heterocycles. The van der Waals surface area contributed by atoms with E-state index in [1.165, 1.54) is 13.1 Å². The second kappa shape index (κ2) is 6.79. The second-order valence-electron chi connectivity index (χ2n) is 5.59. The quantitative estimate of drug-likeness (QED) is 0.887. The molecule has 3 rings (SSSR count). The Morgan fingerprint density at radius 2 is 2.04 bits per heavy atom.